The van der Waals surface area contributed by atoms with E-state index < -0.39 is 0 Å². The van der Waals surface area contributed by atoms with Gasteiger partial charge in [-0.3, -0.25) is 0 Å². The molecule has 1 aromatic rings. The van der Waals surface area contributed by atoms with Gasteiger partial charge in [0.25, 0.3) is 0 Å². The zero-order valence-electron chi connectivity index (χ0n) is 9.88. The summed E-state index contributed by atoms with van der Waals surface area (Å²) in [4.78, 5) is 0. The number of hydrogen-bond donors (Lipinski definition) is 3. The largest absolute Gasteiger partial charge is 0.312 e. The average Bonchev–Trinajstić information content (AvgIpc) is 2.26. The minimum Gasteiger partial charge on any atom is -0.312 e. The SMILES string of the molecule is CNC(Cc1ccccc1)C(=N)CC(C)=N. The second-order valence-electron chi connectivity index (χ2n) is 4.01. The summed E-state index contributed by atoms with van der Waals surface area (Å²) in [6.07, 6.45) is 1.27. The lowest BCUT2D eigenvalue weighted by Crippen LogP contribution is -2.36. The van der Waals surface area contributed by atoms with Crippen LogP contribution in [0.5, 0.6) is 0 Å². The molecule has 0 amide bonds. The third-order valence-electron chi connectivity index (χ3n) is 2.51. The standard InChI is InChI=1S/C13H19N3/c1-10(14)8-12(15)13(16-2)9-11-6-4-3-5-7-11/h3-7,13-16H,8-9H2,1-2H3. The second-order valence-corrected chi connectivity index (χ2v) is 4.01. The molecule has 3 N–H and O–H groups in total. The van der Waals surface area contributed by atoms with Gasteiger partial charge in [0.05, 0.1) is 0 Å². The van der Waals surface area contributed by atoms with Crippen LogP contribution in [0.3, 0.4) is 0 Å². The molecule has 1 atom stereocenters. The molecule has 0 aromatic heterocycles. The number of benzene rings is 1. The van der Waals surface area contributed by atoms with Crippen LogP contribution in [0.4, 0.5) is 0 Å². The van der Waals surface area contributed by atoms with Crippen LogP contribution < -0.4 is 5.32 Å². The van der Waals surface area contributed by atoms with E-state index in [1.165, 1.54) is 5.56 Å². The van der Waals surface area contributed by atoms with Crippen molar-refractivity contribution >= 4 is 11.4 Å². The summed E-state index contributed by atoms with van der Waals surface area (Å²) in [6, 6.07) is 10.2. The monoisotopic (exact) mass is 217 g/mol. The maximum atomic E-state index is 7.92. The van der Waals surface area contributed by atoms with Crippen molar-refractivity contribution in [1.82, 2.24) is 5.32 Å². The van der Waals surface area contributed by atoms with Crippen molar-refractivity contribution in [2.45, 2.75) is 25.8 Å². The molecule has 0 aliphatic rings. The summed E-state index contributed by atoms with van der Waals surface area (Å²) in [5.41, 5.74) is 2.34. The minimum absolute atomic E-state index is 0.0303. The van der Waals surface area contributed by atoms with Crippen LogP contribution in [0.1, 0.15) is 18.9 Å². The fourth-order valence-corrected chi connectivity index (χ4v) is 1.66. The molecular formula is C13H19N3. The molecule has 1 rings (SSSR count). The molecule has 0 aliphatic carbocycles. The number of likely N-dealkylation sites (N-methyl/N-ethyl adjacent to an activating group) is 1. The Morgan fingerprint density at radius 2 is 1.88 bits per heavy atom. The number of nitrogens with one attached hydrogen (secondary N) is 3. The zero-order valence-corrected chi connectivity index (χ0v) is 9.88. The first kappa shape index (κ1) is 12.6. The molecule has 0 bridgehead atoms. The van der Waals surface area contributed by atoms with Gasteiger partial charge in [-0.05, 0) is 26.0 Å². The molecule has 86 valence electrons. The highest BCUT2D eigenvalue weighted by Crippen LogP contribution is 2.05. The first-order valence-electron chi connectivity index (χ1n) is 5.46. The molecule has 1 unspecified atom stereocenters. The Balaban J connectivity index is 2.62. The Kier molecular flexibility index (Phi) is 4.86. The molecule has 3 nitrogen and oxygen atoms in total. The van der Waals surface area contributed by atoms with Crippen molar-refractivity contribution in [3.63, 3.8) is 0 Å². The first-order chi connectivity index (χ1) is 7.63. The molecule has 1 aromatic carbocycles. The summed E-state index contributed by atoms with van der Waals surface area (Å²) in [5.74, 6) is 0. The fraction of sp³-hybridized carbons (Fsp3) is 0.385. The molecule has 3 heteroatoms. The summed E-state index contributed by atoms with van der Waals surface area (Å²) in [5, 5.41) is 18.5. The van der Waals surface area contributed by atoms with Gasteiger partial charge in [-0.2, -0.15) is 0 Å². The predicted molar refractivity (Wildman–Crippen MR) is 68.7 cm³/mol. The predicted octanol–water partition coefficient (Wildman–Crippen LogP) is 2.27. The molecule has 0 saturated carbocycles. The van der Waals surface area contributed by atoms with E-state index in [1.54, 1.807) is 6.92 Å². The van der Waals surface area contributed by atoms with Gasteiger partial charge < -0.3 is 16.1 Å². The van der Waals surface area contributed by atoms with E-state index in [2.05, 4.69) is 17.4 Å². The van der Waals surface area contributed by atoms with Crippen LogP contribution in [0.25, 0.3) is 0 Å². The van der Waals surface area contributed by atoms with E-state index in [0.29, 0.717) is 17.8 Å². The molecular weight excluding hydrogens is 198 g/mol. The van der Waals surface area contributed by atoms with Gasteiger partial charge in [0.1, 0.15) is 0 Å². The van der Waals surface area contributed by atoms with Crippen molar-refractivity contribution in [3.05, 3.63) is 35.9 Å². The van der Waals surface area contributed by atoms with Crippen molar-refractivity contribution in [2.75, 3.05) is 7.05 Å². The van der Waals surface area contributed by atoms with Gasteiger partial charge in [0.15, 0.2) is 0 Å². The average molecular weight is 217 g/mol. The van der Waals surface area contributed by atoms with Gasteiger partial charge in [0, 0.05) is 23.9 Å². The lowest BCUT2D eigenvalue weighted by molar-refractivity contribution is 0.687. The molecule has 0 radical (unpaired) electrons. The fourth-order valence-electron chi connectivity index (χ4n) is 1.66. The Hall–Kier alpha value is -1.48. The van der Waals surface area contributed by atoms with Gasteiger partial charge in [0.2, 0.25) is 0 Å². The van der Waals surface area contributed by atoms with E-state index in [-0.39, 0.29) is 6.04 Å². The lowest BCUT2D eigenvalue weighted by atomic mass is 9.99. The summed E-state index contributed by atoms with van der Waals surface area (Å²) >= 11 is 0. The Bertz CT molecular complexity index is 357. The molecule has 16 heavy (non-hydrogen) atoms. The normalized spacial score (nSPS) is 12.1. The van der Waals surface area contributed by atoms with E-state index in [1.807, 2.05) is 25.2 Å². The topological polar surface area (TPSA) is 59.7 Å². The quantitative estimate of drug-likeness (QED) is 0.629. The Morgan fingerprint density at radius 3 is 2.38 bits per heavy atom. The van der Waals surface area contributed by atoms with Crippen LogP contribution in [0.15, 0.2) is 30.3 Å². The Morgan fingerprint density at radius 1 is 1.25 bits per heavy atom. The van der Waals surface area contributed by atoms with Crippen LogP contribution in [-0.4, -0.2) is 24.5 Å². The summed E-state index contributed by atoms with van der Waals surface area (Å²) in [7, 11) is 1.86. The van der Waals surface area contributed by atoms with Crippen LogP contribution >= 0.6 is 0 Å². The zero-order chi connectivity index (χ0) is 12.0. The molecule has 0 saturated heterocycles. The van der Waals surface area contributed by atoms with Gasteiger partial charge in [-0.15, -0.1) is 0 Å². The molecule has 0 fully saturated rings. The highest BCUT2D eigenvalue weighted by molar-refractivity contribution is 6.03. The van der Waals surface area contributed by atoms with Crippen molar-refractivity contribution < 1.29 is 0 Å². The first-order valence-corrected chi connectivity index (χ1v) is 5.46. The van der Waals surface area contributed by atoms with E-state index >= 15 is 0 Å². The van der Waals surface area contributed by atoms with Gasteiger partial charge in [-0.25, -0.2) is 0 Å². The number of hydrogen-bond acceptors (Lipinski definition) is 3. The number of rotatable bonds is 6. The van der Waals surface area contributed by atoms with Gasteiger partial charge >= 0.3 is 0 Å². The van der Waals surface area contributed by atoms with E-state index in [0.717, 1.165) is 6.42 Å². The van der Waals surface area contributed by atoms with Crippen LogP contribution in [0.2, 0.25) is 0 Å². The maximum Gasteiger partial charge on any atom is 0.0490 e. The third-order valence-corrected chi connectivity index (χ3v) is 2.51. The summed E-state index contributed by atoms with van der Waals surface area (Å²) < 4.78 is 0. The molecule has 0 heterocycles. The highest BCUT2D eigenvalue weighted by Gasteiger charge is 2.13. The smallest absolute Gasteiger partial charge is 0.0490 e. The summed E-state index contributed by atoms with van der Waals surface area (Å²) in [6.45, 7) is 1.74. The second kappa shape index (κ2) is 6.18. The van der Waals surface area contributed by atoms with E-state index in [4.69, 9.17) is 10.8 Å². The van der Waals surface area contributed by atoms with Crippen LogP contribution in [-0.2, 0) is 6.42 Å². The maximum absolute atomic E-state index is 7.92. The van der Waals surface area contributed by atoms with Crippen molar-refractivity contribution in [2.24, 2.45) is 0 Å². The van der Waals surface area contributed by atoms with Crippen molar-refractivity contribution in [3.8, 4) is 0 Å². The van der Waals surface area contributed by atoms with E-state index in [9.17, 15) is 0 Å². The third kappa shape index (κ3) is 3.95. The molecule has 0 spiro atoms. The Labute approximate surface area is 96.9 Å². The van der Waals surface area contributed by atoms with Crippen molar-refractivity contribution in [1.29, 1.82) is 10.8 Å². The lowest BCUT2D eigenvalue weighted by Gasteiger charge is -2.17. The minimum atomic E-state index is 0.0303. The molecule has 0 aliphatic heterocycles. The van der Waals surface area contributed by atoms with Gasteiger partial charge in [-0.1, -0.05) is 30.3 Å². The highest BCUT2D eigenvalue weighted by atomic mass is 14.9. The van der Waals surface area contributed by atoms with Crippen LogP contribution in [0, 0.1) is 10.8 Å².